The minimum Gasteiger partial charge on any atom is -0.381 e. The first-order valence-corrected chi connectivity index (χ1v) is 8.31. The molecule has 2 heterocycles. The van der Waals surface area contributed by atoms with Crippen LogP contribution < -0.4 is 5.32 Å². The maximum atomic E-state index is 5.91. The smallest absolute Gasteiger partial charge is 0.0590 e. The monoisotopic (exact) mass is 269 g/mol. The maximum absolute atomic E-state index is 5.91. The van der Waals surface area contributed by atoms with E-state index in [2.05, 4.69) is 12.2 Å². The second kappa shape index (κ2) is 8.93. The van der Waals surface area contributed by atoms with Gasteiger partial charge in [-0.05, 0) is 63.8 Å². The Balaban J connectivity index is 1.75. The first kappa shape index (κ1) is 15.3. The molecule has 0 aromatic rings. The molecule has 112 valence electrons. The molecule has 2 aliphatic heterocycles. The van der Waals surface area contributed by atoms with Gasteiger partial charge in [-0.1, -0.05) is 6.92 Å². The van der Waals surface area contributed by atoms with Crippen molar-refractivity contribution in [1.82, 2.24) is 5.32 Å². The molecule has 3 heteroatoms. The van der Waals surface area contributed by atoms with Gasteiger partial charge in [0, 0.05) is 25.9 Å². The lowest BCUT2D eigenvalue weighted by atomic mass is 9.89. The first-order valence-electron chi connectivity index (χ1n) is 8.31. The molecule has 2 fully saturated rings. The van der Waals surface area contributed by atoms with E-state index in [4.69, 9.17) is 9.47 Å². The summed E-state index contributed by atoms with van der Waals surface area (Å²) < 4.78 is 11.4. The van der Waals surface area contributed by atoms with Crippen LogP contribution >= 0.6 is 0 Å². The van der Waals surface area contributed by atoms with Gasteiger partial charge in [0.15, 0.2) is 0 Å². The van der Waals surface area contributed by atoms with Gasteiger partial charge in [-0.3, -0.25) is 0 Å². The molecule has 2 atom stereocenters. The van der Waals surface area contributed by atoms with E-state index in [1.54, 1.807) is 0 Å². The van der Waals surface area contributed by atoms with Crippen LogP contribution in [0.4, 0.5) is 0 Å². The Morgan fingerprint density at radius 2 is 1.89 bits per heavy atom. The zero-order valence-corrected chi connectivity index (χ0v) is 12.5. The number of nitrogens with one attached hydrogen (secondary N) is 1. The van der Waals surface area contributed by atoms with Crippen LogP contribution in [0.1, 0.15) is 58.3 Å². The van der Waals surface area contributed by atoms with Crippen molar-refractivity contribution in [2.45, 2.75) is 70.4 Å². The Bertz CT molecular complexity index is 203. The summed E-state index contributed by atoms with van der Waals surface area (Å²) in [6, 6.07) is 0.645. The van der Waals surface area contributed by atoms with Gasteiger partial charge in [0.25, 0.3) is 0 Å². The summed E-state index contributed by atoms with van der Waals surface area (Å²) >= 11 is 0. The van der Waals surface area contributed by atoms with Crippen LogP contribution in [0.2, 0.25) is 0 Å². The van der Waals surface area contributed by atoms with Gasteiger partial charge in [-0.15, -0.1) is 0 Å². The molecule has 3 nitrogen and oxygen atoms in total. The zero-order chi connectivity index (χ0) is 13.3. The second-order valence-corrected chi connectivity index (χ2v) is 6.17. The van der Waals surface area contributed by atoms with Crippen molar-refractivity contribution >= 4 is 0 Å². The lowest BCUT2D eigenvalue weighted by molar-refractivity contribution is 0.00115. The molecule has 1 N–H and O–H groups in total. The molecule has 2 rings (SSSR count). The van der Waals surface area contributed by atoms with Crippen LogP contribution in [0.3, 0.4) is 0 Å². The molecule has 0 aliphatic carbocycles. The second-order valence-electron chi connectivity index (χ2n) is 6.17. The van der Waals surface area contributed by atoms with Crippen molar-refractivity contribution in [3.8, 4) is 0 Å². The summed E-state index contributed by atoms with van der Waals surface area (Å²) in [6.45, 7) is 6.29. The summed E-state index contributed by atoms with van der Waals surface area (Å²) in [6.07, 6.45) is 10.6. The number of hydrogen-bond acceptors (Lipinski definition) is 3. The van der Waals surface area contributed by atoms with Crippen molar-refractivity contribution in [3.05, 3.63) is 0 Å². The molecule has 0 aromatic heterocycles. The summed E-state index contributed by atoms with van der Waals surface area (Å²) in [5.41, 5.74) is 0. The lowest BCUT2D eigenvalue weighted by Gasteiger charge is -2.31. The van der Waals surface area contributed by atoms with E-state index in [9.17, 15) is 0 Å². The van der Waals surface area contributed by atoms with Crippen LogP contribution in [0.15, 0.2) is 0 Å². The van der Waals surface area contributed by atoms with Crippen molar-refractivity contribution in [2.75, 3.05) is 26.4 Å². The normalized spacial score (nSPS) is 27.3. The molecule has 0 amide bonds. The van der Waals surface area contributed by atoms with Crippen LogP contribution in [-0.2, 0) is 9.47 Å². The molecular formula is C16H31NO2. The highest BCUT2D eigenvalue weighted by Crippen LogP contribution is 2.24. The van der Waals surface area contributed by atoms with Gasteiger partial charge in [0.1, 0.15) is 0 Å². The Labute approximate surface area is 118 Å². The molecular weight excluding hydrogens is 238 g/mol. The summed E-state index contributed by atoms with van der Waals surface area (Å²) in [7, 11) is 0. The van der Waals surface area contributed by atoms with Crippen LogP contribution in [0.5, 0.6) is 0 Å². The molecule has 2 unspecified atom stereocenters. The predicted octanol–water partition coefficient (Wildman–Crippen LogP) is 3.13. The molecule has 19 heavy (non-hydrogen) atoms. The van der Waals surface area contributed by atoms with E-state index < -0.39 is 0 Å². The summed E-state index contributed by atoms with van der Waals surface area (Å²) in [4.78, 5) is 0. The fourth-order valence-electron chi connectivity index (χ4n) is 3.31. The van der Waals surface area contributed by atoms with Gasteiger partial charge in [0.2, 0.25) is 0 Å². The van der Waals surface area contributed by atoms with E-state index in [1.165, 1.54) is 51.4 Å². The molecule has 0 bridgehead atoms. The lowest BCUT2D eigenvalue weighted by Crippen LogP contribution is -2.37. The van der Waals surface area contributed by atoms with Gasteiger partial charge in [-0.2, -0.15) is 0 Å². The van der Waals surface area contributed by atoms with Crippen LogP contribution in [0.25, 0.3) is 0 Å². The van der Waals surface area contributed by atoms with Crippen molar-refractivity contribution < 1.29 is 9.47 Å². The molecule has 0 saturated carbocycles. The fraction of sp³-hybridized carbons (Fsp3) is 1.00. The van der Waals surface area contributed by atoms with Gasteiger partial charge in [-0.25, -0.2) is 0 Å². The van der Waals surface area contributed by atoms with Crippen molar-refractivity contribution in [2.24, 2.45) is 5.92 Å². The Hall–Kier alpha value is -0.120. The third-order valence-corrected chi connectivity index (χ3v) is 4.46. The van der Waals surface area contributed by atoms with Crippen molar-refractivity contribution in [1.29, 1.82) is 0 Å². The molecule has 0 aromatic carbocycles. The van der Waals surface area contributed by atoms with E-state index in [1.807, 2.05) is 0 Å². The minimum atomic E-state index is 0.503. The van der Waals surface area contributed by atoms with E-state index in [0.29, 0.717) is 12.1 Å². The summed E-state index contributed by atoms with van der Waals surface area (Å²) in [5, 5.41) is 3.74. The van der Waals surface area contributed by atoms with E-state index in [-0.39, 0.29) is 0 Å². The molecule has 2 aliphatic rings. The van der Waals surface area contributed by atoms with Crippen LogP contribution in [0, 0.1) is 5.92 Å². The molecule has 2 saturated heterocycles. The van der Waals surface area contributed by atoms with Crippen LogP contribution in [-0.4, -0.2) is 38.5 Å². The number of hydrogen-bond donors (Lipinski definition) is 1. The van der Waals surface area contributed by atoms with Crippen molar-refractivity contribution in [3.63, 3.8) is 0 Å². The summed E-state index contributed by atoms with van der Waals surface area (Å²) in [5.74, 6) is 0.853. The number of rotatable bonds is 7. The predicted molar refractivity (Wildman–Crippen MR) is 78.4 cm³/mol. The first-order chi connectivity index (χ1) is 9.38. The van der Waals surface area contributed by atoms with E-state index >= 15 is 0 Å². The topological polar surface area (TPSA) is 30.5 Å². The SMILES string of the molecule is CCCNC(CC1CCOCC1)CC1CCCCO1. The highest BCUT2D eigenvalue weighted by molar-refractivity contribution is 4.78. The standard InChI is InChI=1S/C16H31NO2/c1-2-8-17-15(12-14-6-10-18-11-7-14)13-16-5-3-4-9-19-16/h14-17H,2-13H2,1H3. The fourth-order valence-corrected chi connectivity index (χ4v) is 3.31. The zero-order valence-electron chi connectivity index (χ0n) is 12.5. The Morgan fingerprint density at radius 1 is 1.05 bits per heavy atom. The Morgan fingerprint density at radius 3 is 2.58 bits per heavy atom. The highest BCUT2D eigenvalue weighted by atomic mass is 16.5. The largest absolute Gasteiger partial charge is 0.381 e. The molecule has 0 spiro atoms. The maximum Gasteiger partial charge on any atom is 0.0590 e. The molecule has 0 radical (unpaired) electrons. The van der Waals surface area contributed by atoms with Gasteiger partial charge in [0.05, 0.1) is 6.10 Å². The quantitative estimate of drug-likeness (QED) is 0.770. The van der Waals surface area contributed by atoms with Gasteiger partial charge >= 0.3 is 0 Å². The average molecular weight is 269 g/mol. The third-order valence-electron chi connectivity index (χ3n) is 4.46. The number of ether oxygens (including phenoxy) is 2. The average Bonchev–Trinajstić information content (AvgIpc) is 2.47. The minimum absolute atomic E-state index is 0.503. The van der Waals surface area contributed by atoms with Gasteiger partial charge < -0.3 is 14.8 Å². The third kappa shape index (κ3) is 5.80. The van der Waals surface area contributed by atoms with E-state index in [0.717, 1.165) is 32.3 Å². The highest BCUT2D eigenvalue weighted by Gasteiger charge is 2.23. The Kier molecular flexibility index (Phi) is 7.18.